The Hall–Kier alpha value is -1.64. The molecular formula is C14H18F6N2O4S2. The quantitative estimate of drug-likeness (QED) is 0.501. The van der Waals surface area contributed by atoms with Crippen LogP contribution in [0.25, 0.3) is 10.2 Å². The lowest BCUT2D eigenvalue weighted by molar-refractivity contribution is -0.884. The van der Waals surface area contributed by atoms with Crippen LogP contribution in [-0.2, 0) is 26.6 Å². The van der Waals surface area contributed by atoms with E-state index in [0.717, 1.165) is 15.2 Å². The van der Waals surface area contributed by atoms with Gasteiger partial charge in [0.15, 0.2) is 20.0 Å². The van der Waals surface area contributed by atoms with Crippen LogP contribution >= 0.6 is 0 Å². The van der Waals surface area contributed by atoms with E-state index in [2.05, 4.69) is 52.0 Å². The monoisotopic (exact) mass is 456 g/mol. The van der Waals surface area contributed by atoms with Gasteiger partial charge in [-0.15, -0.1) is 0 Å². The molecule has 162 valence electrons. The van der Waals surface area contributed by atoms with E-state index in [1.807, 2.05) is 6.08 Å². The zero-order valence-corrected chi connectivity index (χ0v) is 16.5. The lowest BCUT2D eigenvalue weighted by atomic mass is 10.1. The number of benzene rings is 1. The molecule has 0 aliphatic rings. The minimum Gasteiger partial charge on any atom is -0.421 e. The van der Waals surface area contributed by atoms with Crippen molar-refractivity contribution in [2.75, 3.05) is 21.1 Å². The van der Waals surface area contributed by atoms with Gasteiger partial charge in [0.2, 0.25) is 0 Å². The van der Waals surface area contributed by atoms with E-state index in [1.165, 1.54) is 11.1 Å². The third-order valence-corrected chi connectivity index (χ3v) is 5.39. The Morgan fingerprint density at radius 3 is 1.50 bits per heavy atom. The van der Waals surface area contributed by atoms with Gasteiger partial charge in [-0.1, -0.05) is 36.9 Å². The molecule has 1 aromatic carbocycles. The third-order valence-electron chi connectivity index (χ3n) is 2.65. The van der Waals surface area contributed by atoms with Crippen LogP contribution in [-0.4, -0.2) is 53.5 Å². The van der Waals surface area contributed by atoms with Crippen LogP contribution < -0.4 is 0 Å². The van der Waals surface area contributed by atoms with Crippen molar-refractivity contribution >= 4 is 26.1 Å². The smallest absolute Gasteiger partial charge is 0.421 e. The van der Waals surface area contributed by atoms with E-state index in [1.54, 1.807) is 0 Å². The van der Waals surface area contributed by atoms with E-state index in [0.29, 0.717) is 0 Å². The molecule has 0 unspecified atom stereocenters. The Labute approximate surface area is 159 Å². The van der Waals surface area contributed by atoms with Crippen LogP contribution in [0, 0.1) is 0 Å². The maximum Gasteiger partial charge on any atom is 0.480 e. The van der Waals surface area contributed by atoms with E-state index in [-0.39, 0.29) is 0 Å². The van der Waals surface area contributed by atoms with Gasteiger partial charge in [0.05, 0.1) is 21.1 Å². The Morgan fingerprint density at radius 1 is 0.893 bits per heavy atom. The van der Waals surface area contributed by atoms with E-state index in [4.69, 9.17) is 0 Å². The fraction of sp³-hybridized carbons (Fsp3) is 0.429. The molecule has 14 heteroatoms. The van der Waals surface area contributed by atoms with Gasteiger partial charge in [-0.3, -0.25) is 0 Å². The average Bonchev–Trinajstić information content (AvgIpc) is 2.43. The molecule has 1 aromatic rings. The van der Waals surface area contributed by atoms with Crippen LogP contribution in [0.3, 0.4) is 0 Å². The first-order valence-corrected chi connectivity index (χ1v) is 9.98. The molecule has 0 aliphatic heterocycles. The molecular weight excluding hydrogens is 438 g/mol. The zero-order valence-electron chi connectivity index (χ0n) is 14.9. The number of alkyl halides is 6. The van der Waals surface area contributed by atoms with Crippen LogP contribution in [0.5, 0.6) is 0 Å². The van der Waals surface area contributed by atoms with E-state index >= 15 is 0 Å². The van der Waals surface area contributed by atoms with E-state index in [9.17, 15) is 43.2 Å². The molecule has 0 atom stereocenters. The molecule has 0 bridgehead atoms. The summed E-state index contributed by atoms with van der Waals surface area (Å²) in [5, 5.41) is 0. The van der Waals surface area contributed by atoms with Crippen LogP contribution in [0.15, 0.2) is 30.8 Å². The molecule has 0 radical (unpaired) electrons. The molecule has 0 saturated carbocycles. The maximum atomic E-state index is 11.4. The SMILES string of the molecule is C=Cc1ccc(C[N+](C)(C)C)cc1.O=S(=O)([N-]S(=O)(=O)C(F)(F)F)C(F)(F)F. The van der Waals surface area contributed by atoms with Crippen molar-refractivity contribution < 1.29 is 47.7 Å². The molecule has 0 spiro atoms. The lowest BCUT2D eigenvalue weighted by Crippen LogP contribution is -2.33. The highest BCUT2D eigenvalue weighted by Crippen LogP contribution is 2.36. The van der Waals surface area contributed by atoms with Gasteiger partial charge >= 0.3 is 11.0 Å². The van der Waals surface area contributed by atoms with Crippen molar-refractivity contribution in [3.8, 4) is 0 Å². The highest BCUT2D eigenvalue weighted by atomic mass is 32.3. The Bertz CT molecular complexity index is 826. The minimum atomic E-state index is -6.72. The fourth-order valence-corrected chi connectivity index (χ4v) is 3.23. The van der Waals surface area contributed by atoms with E-state index < -0.39 is 31.1 Å². The van der Waals surface area contributed by atoms with Crippen molar-refractivity contribution in [1.82, 2.24) is 0 Å². The van der Waals surface area contributed by atoms with Crippen molar-refractivity contribution in [2.24, 2.45) is 0 Å². The highest BCUT2D eigenvalue weighted by Gasteiger charge is 2.46. The Balaban J connectivity index is 0.000000525. The molecule has 0 aromatic heterocycles. The molecule has 1 rings (SSSR count). The van der Waals surface area contributed by atoms with Gasteiger partial charge in [0.1, 0.15) is 6.54 Å². The standard InChI is InChI=1S/C12H18N.C2F6NO4S2/c1-5-11-6-8-12(9-7-11)10-13(2,3)4;3-1(4,5)14(10,11)9-15(12,13)2(6,7)8/h5-9H,1,10H2,2-4H3;/q+1;-1. The summed E-state index contributed by atoms with van der Waals surface area (Å²) >= 11 is 0. The average molecular weight is 456 g/mol. The van der Waals surface area contributed by atoms with Crippen LogP contribution in [0.4, 0.5) is 26.3 Å². The Kier molecular flexibility index (Phi) is 8.28. The van der Waals surface area contributed by atoms with Gasteiger partial charge in [0.25, 0.3) is 0 Å². The van der Waals surface area contributed by atoms with Gasteiger partial charge in [-0.2, -0.15) is 26.3 Å². The number of nitrogens with zero attached hydrogens (tertiary/aromatic N) is 2. The third kappa shape index (κ3) is 8.58. The zero-order chi connectivity index (χ0) is 22.6. The predicted octanol–water partition coefficient (Wildman–Crippen LogP) is 3.60. The number of rotatable bonds is 5. The first-order chi connectivity index (χ1) is 12.2. The molecule has 0 heterocycles. The number of halogens is 6. The van der Waals surface area contributed by atoms with Crippen molar-refractivity contribution in [1.29, 1.82) is 0 Å². The number of sulfonamides is 2. The summed E-state index contributed by atoms with van der Waals surface area (Å²) in [7, 11) is -6.86. The van der Waals surface area contributed by atoms with Crippen LogP contribution in [0.2, 0.25) is 0 Å². The molecule has 6 nitrogen and oxygen atoms in total. The largest absolute Gasteiger partial charge is 0.480 e. The molecule has 0 N–H and O–H groups in total. The molecule has 0 amide bonds. The number of hydrogen-bond donors (Lipinski definition) is 0. The number of hydrogen-bond acceptors (Lipinski definition) is 4. The van der Waals surface area contributed by atoms with Gasteiger partial charge in [-0.25, -0.2) is 16.8 Å². The van der Waals surface area contributed by atoms with Crippen molar-refractivity contribution in [2.45, 2.75) is 17.6 Å². The fourth-order valence-electron chi connectivity index (χ4n) is 1.52. The summed E-state index contributed by atoms with van der Waals surface area (Å²) < 4.78 is 110. The van der Waals surface area contributed by atoms with Crippen molar-refractivity contribution in [3.05, 3.63) is 46.1 Å². The lowest BCUT2D eigenvalue weighted by Gasteiger charge is -2.23. The summed E-state index contributed by atoms with van der Waals surface area (Å²) in [6.07, 6.45) is 1.87. The summed E-state index contributed by atoms with van der Waals surface area (Å²) in [6, 6.07) is 8.55. The first kappa shape index (κ1) is 26.4. The predicted molar refractivity (Wildman–Crippen MR) is 91.6 cm³/mol. The van der Waals surface area contributed by atoms with Gasteiger partial charge in [0, 0.05) is 5.56 Å². The molecule has 0 aliphatic carbocycles. The number of quaternary nitrogens is 1. The maximum absolute atomic E-state index is 11.4. The molecule has 28 heavy (non-hydrogen) atoms. The second kappa shape index (κ2) is 8.80. The van der Waals surface area contributed by atoms with Crippen molar-refractivity contribution in [3.63, 3.8) is 0 Å². The first-order valence-electron chi connectivity index (χ1n) is 7.10. The Morgan fingerprint density at radius 2 is 1.25 bits per heavy atom. The summed E-state index contributed by atoms with van der Waals surface area (Å²) in [5.41, 5.74) is -9.85. The van der Waals surface area contributed by atoms with Gasteiger partial charge < -0.3 is 8.61 Å². The summed E-state index contributed by atoms with van der Waals surface area (Å²) in [6.45, 7) is 4.80. The van der Waals surface area contributed by atoms with Crippen LogP contribution in [0.1, 0.15) is 11.1 Å². The summed E-state index contributed by atoms with van der Waals surface area (Å²) in [4.78, 5) is 0. The highest BCUT2D eigenvalue weighted by molar-refractivity contribution is 8.13. The second-order valence-electron chi connectivity index (χ2n) is 6.31. The normalized spacial score (nSPS) is 13.5. The molecule has 0 fully saturated rings. The second-order valence-corrected chi connectivity index (χ2v) is 9.73. The summed E-state index contributed by atoms with van der Waals surface area (Å²) in [5.74, 6) is 0. The van der Waals surface area contributed by atoms with Gasteiger partial charge in [-0.05, 0) is 5.56 Å². The minimum absolute atomic E-state index is 0.778. The topological polar surface area (TPSA) is 82.4 Å². The molecule has 0 saturated heterocycles.